The molecule has 0 spiro atoms. The summed E-state index contributed by atoms with van der Waals surface area (Å²) in [6, 6.07) is 15.7. The van der Waals surface area contributed by atoms with Crippen LogP contribution in [0.1, 0.15) is 18.5 Å². The third-order valence-electron chi connectivity index (χ3n) is 3.43. The zero-order valence-corrected chi connectivity index (χ0v) is 14.2. The molecule has 0 unspecified atom stereocenters. The Labute approximate surface area is 140 Å². The Kier molecular flexibility index (Phi) is 6.31. The van der Waals surface area contributed by atoms with E-state index in [4.69, 9.17) is 11.6 Å². The molecule has 1 atom stereocenters. The van der Waals surface area contributed by atoms with E-state index in [0.717, 1.165) is 21.2 Å². The molecule has 0 aliphatic rings. The number of nitrogens with one attached hydrogen (secondary N) is 1. The van der Waals surface area contributed by atoms with Crippen molar-refractivity contribution in [2.45, 2.75) is 17.9 Å². The van der Waals surface area contributed by atoms with E-state index in [1.54, 1.807) is 11.8 Å². The smallest absolute Gasteiger partial charge is 0.279 e. The zero-order valence-electron chi connectivity index (χ0n) is 12.7. The number of carbonyl (C=O) groups excluding carboxylic acids is 1. The maximum Gasteiger partial charge on any atom is 0.279 e. The number of rotatable bonds is 6. The van der Waals surface area contributed by atoms with Crippen molar-refractivity contribution < 1.29 is 10.1 Å². The molecule has 2 aromatic rings. The lowest BCUT2D eigenvalue weighted by Crippen LogP contribution is -2.86. The predicted octanol–water partition coefficient (Wildman–Crippen LogP) is 3.33. The fourth-order valence-electron chi connectivity index (χ4n) is 2.20. The summed E-state index contributed by atoms with van der Waals surface area (Å²) in [6.07, 6.45) is 2.00. The molecule has 22 heavy (non-hydrogen) atoms. The van der Waals surface area contributed by atoms with E-state index in [0.29, 0.717) is 6.54 Å². The first kappa shape index (κ1) is 16.9. The summed E-state index contributed by atoms with van der Waals surface area (Å²) >= 11 is 7.80. The number of amides is 1. The summed E-state index contributed by atoms with van der Waals surface area (Å²) < 4.78 is 0. The number of nitrogens with two attached hydrogens (primary N) is 1. The molecule has 2 rings (SSSR count). The average molecular weight is 336 g/mol. The topological polar surface area (TPSA) is 45.7 Å². The summed E-state index contributed by atoms with van der Waals surface area (Å²) in [5.41, 5.74) is 1.90. The summed E-state index contributed by atoms with van der Waals surface area (Å²) in [6.45, 7) is 2.40. The van der Waals surface area contributed by atoms with Gasteiger partial charge in [0.15, 0.2) is 6.54 Å². The molecule has 5 heteroatoms. The van der Waals surface area contributed by atoms with Gasteiger partial charge in [0, 0.05) is 15.5 Å². The molecule has 0 radical (unpaired) electrons. The number of carbonyl (C=O) groups is 1. The zero-order chi connectivity index (χ0) is 15.9. The van der Waals surface area contributed by atoms with Gasteiger partial charge in [-0.2, -0.15) is 0 Å². The van der Waals surface area contributed by atoms with Crippen LogP contribution in [0.5, 0.6) is 0 Å². The monoisotopic (exact) mass is 335 g/mol. The van der Waals surface area contributed by atoms with Crippen molar-refractivity contribution in [2.75, 3.05) is 18.1 Å². The van der Waals surface area contributed by atoms with Gasteiger partial charge in [-0.3, -0.25) is 4.79 Å². The first-order valence-corrected chi connectivity index (χ1v) is 8.72. The van der Waals surface area contributed by atoms with Crippen LogP contribution in [0.3, 0.4) is 0 Å². The molecule has 0 fully saturated rings. The van der Waals surface area contributed by atoms with Crippen LogP contribution >= 0.6 is 23.4 Å². The van der Waals surface area contributed by atoms with Gasteiger partial charge in [-0.15, -0.1) is 11.8 Å². The molecule has 0 aliphatic carbocycles. The Morgan fingerprint density at radius 2 is 1.91 bits per heavy atom. The third kappa shape index (κ3) is 4.50. The number of benzene rings is 2. The van der Waals surface area contributed by atoms with Gasteiger partial charge < -0.3 is 10.6 Å². The molecular formula is C17H20ClN2OS+. The quantitative estimate of drug-likeness (QED) is 0.795. The first-order chi connectivity index (χ1) is 10.6. The van der Waals surface area contributed by atoms with Crippen LogP contribution in [0.4, 0.5) is 5.69 Å². The van der Waals surface area contributed by atoms with Crippen LogP contribution in [-0.2, 0) is 4.79 Å². The molecule has 0 heterocycles. The Bertz CT molecular complexity index is 648. The third-order valence-corrected chi connectivity index (χ3v) is 4.57. The van der Waals surface area contributed by atoms with E-state index in [9.17, 15) is 4.79 Å². The molecule has 0 saturated heterocycles. The van der Waals surface area contributed by atoms with E-state index >= 15 is 0 Å². The second-order valence-corrected chi connectivity index (χ2v) is 6.25. The fraction of sp³-hybridized carbons (Fsp3) is 0.235. The number of para-hydroxylation sites is 1. The van der Waals surface area contributed by atoms with Gasteiger partial charge in [0.05, 0.1) is 5.69 Å². The minimum Gasteiger partial charge on any atom is -0.332 e. The van der Waals surface area contributed by atoms with Gasteiger partial charge >= 0.3 is 0 Å². The second-order valence-electron chi connectivity index (χ2n) is 5.00. The number of halogens is 1. The molecular weight excluding hydrogens is 316 g/mol. The average Bonchev–Trinajstić information content (AvgIpc) is 2.53. The highest BCUT2D eigenvalue weighted by Crippen LogP contribution is 2.24. The van der Waals surface area contributed by atoms with Crippen molar-refractivity contribution in [1.29, 1.82) is 0 Å². The molecule has 116 valence electrons. The first-order valence-electron chi connectivity index (χ1n) is 7.12. The fourth-order valence-corrected chi connectivity index (χ4v) is 3.07. The van der Waals surface area contributed by atoms with E-state index in [1.807, 2.05) is 67.0 Å². The second kappa shape index (κ2) is 8.22. The molecule has 0 saturated carbocycles. The van der Waals surface area contributed by atoms with Gasteiger partial charge in [0.2, 0.25) is 0 Å². The van der Waals surface area contributed by atoms with Crippen LogP contribution in [0.15, 0.2) is 53.4 Å². The number of thioether (sulfide) groups is 1. The van der Waals surface area contributed by atoms with Crippen molar-refractivity contribution >= 4 is 35.0 Å². The minimum absolute atomic E-state index is 0.0135. The van der Waals surface area contributed by atoms with Crippen molar-refractivity contribution in [3.05, 3.63) is 59.1 Å². The number of hydrogen-bond acceptors (Lipinski definition) is 2. The summed E-state index contributed by atoms with van der Waals surface area (Å²) in [4.78, 5) is 13.2. The summed E-state index contributed by atoms with van der Waals surface area (Å²) in [7, 11) is 0. The van der Waals surface area contributed by atoms with Crippen molar-refractivity contribution in [3.8, 4) is 0 Å². The molecule has 2 aromatic carbocycles. The largest absolute Gasteiger partial charge is 0.332 e. The highest BCUT2D eigenvalue weighted by molar-refractivity contribution is 7.98. The number of quaternary nitrogens is 1. The van der Waals surface area contributed by atoms with Gasteiger partial charge in [-0.1, -0.05) is 41.9 Å². The van der Waals surface area contributed by atoms with Gasteiger partial charge in [-0.05, 0) is 31.4 Å². The molecule has 0 bridgehead atoms. The summed E-state index contributed by atoms with van der Waals surface area (Å²) in [5, 5.41) is 5.68. The maximum atomic E-state index is 12.1. The predicted molar refractivity (Wildman–Crippen MR) is 93.5 cm³/mol. The van der Waals surface area contributed by atoms with Crippen molar-refractivity contribution in [2.24, 2.45) is 0 Å². The van der Waals surface area contributed by atoms with E-state index in [-0.39, 0.29) is 11.9 Å². The van der Waals surface area contributed by atoms with Crippen LogP contribution in [0, 0.1) is 0 Å². The lowest BCUT2D eigenvalue weighted by molar-refractivity contribution is -0.682. The van der Waals surface area contributed by atoms with E-state index < -0.39 is 0 Å². The van der Waals surface area contributed by atoms with Crippen LogP contribution in [-0.4, -0.2) is 18.7 Å². The van der Waals surface area contributed by atoms with Crippen LogP contribution in [0.2, 0.25) is 5.02 Å². The Morgan fingerprint density at radius 3 is 2.64 bits per heavy atom. The van der Waals surface area contributed by atoms with Gasteiger partial charge in [0.25, 0.3) is 5.91 Å². The summed E-state index contributed by atoms with van der Waals surface area (Å²) in [5.74, 6) is -0.0135. The Morgan fingerprint density at radius 1 is 1.23 bits per heavy atom. The van der Waals surface area contributed by atoms with Gasteiger partial charge in [0.1, 0.15) is 6.04 Å². The normalized spacial score (nSPS) is 12.0. The van der Waals surface area contributed by atoms with Crippen LogP contribution in [0.25, 0.3) is 0 Å². The Balaban J connectivity index is 1.92. The van der Waals surface area contributed by atoms with Gasteiger partial charge in [-0.25, -0.2) is 0 Å². The Hall–Kier alpha value is -1.49. The lowest BCUT2D eigenvalue weighted by atomic mass is 10.1. The molecule has 3 nitrogen and oxygen atoms in total. The standard InChI is InChI=1S/C17H19ClN2OS/c1-12(13-7-3-4-8-14(13)18)19-11-17(21)20-15-9-5-6-10-16(15)22-2/h3-10,12,19H,11H2,1-2H3,(H,20,21)/p+1/t12-/m0/s1. The minimum atomic E-state index is -0.0135. The van der Waals surface area contributed by atoms with E-state index in [2.05, 4.69) is 5.32 Å². The van der Waals surface area contributed by atoms with Crippen LogP contribution < -0.4 is 10.6 Å². The van der Waals surface area contributed by atoms with Crippen molar-refractivity contribution in [3.63, 3.8) is 0 Å². The van der Waals surface area contributed by atoms with E-state index in [1.165, 1.54) is 0 Å². The number of hydrogen-bond donors (Lipinski definition) is 2. The highest BCUT2D eigenvalue weighted by Gasteiger charge is 2.14. The molecule has 0 aliphatic heterocycles. The molecule has 1 amide bonds. The highest BCUT2D eigenvalue weighted by atomic mass is 35.5. The molecule has 0 aromatic heterocycles. The van der Waals surface area contributed by atoms with Crippen molar-refractivity contribution in [1.82, 2.24) is 0 Å². The SMILES string of the molecule is CSc1ccccc1NC(=O)C[NH2+][C@@H](C)c1ccccc1Cl. The number of anilines is 1. The molecule has 3 N–H and O–H groups in total. The lowest BCUT2D eigenvalue weighted by Gasteiger charge is -2.13. The maximum absolute atomic E-state index is 12.1.